The van der Waals surface area contributed by atoms with Crippen molar-refractivity contribution in [1.82, 2.24) is 14.7 Å². The lowest BCUT2D eigenvalue weighted by molar-refractivity contribution is 0.183. The average Bonchev–Trinajstić information content (AvgIpc) is 3.03. The van der Waals surface area contributed by atoms with E-state index in [1.807, 2.05) is 13.2 Å². The van der Waals surface area contributed by atoms with Crippen LogP contribution in [0.1, 0.15) is 26.7 Å². The second-order valence-corrected chi connectivity index (χ2v) is 5.86. The molecule has 0 radical (unpaired) electrons. The van der Waals surface area contributed by atoms with Crippen LogP contribution in [0.15, 0.2) is 12.4 Å². The van der Waals surface area contributed by atoms with Gasteiger partial charge in [-0.05, 0) is 25.2 Å². The molecule has 1 saturated carbocycles. The first-order valence-corrected chi connectivity index (χ1v) is 7.01. The molecule has 1 aromatic heterocycles. The van der Waals surface area contributed by atoms with Crippen molar-refractivity contribution in [1.29, 1.82) is 0 Å². The highest BCUT2D eigenvalue weighted by Crippen LogP contribution is 2.49. The van der Waals surface area contributed by atoms with E-state index >= 15 is 0 Å². The Kier molecular flexibility index (Phi) is 4.32. The Hall–Kier alpha value is -1.56. The molecule has 0 aromatic carbocycles. The van der Waals surface area contributed by atoms with Crippen LogP contribution < -0.4 is 5.32 Å². The molecule has 20 heavy (non-hydrogen) atoms. The van der Waals surface area contributed by atoms with E-state index in [4.69, 9.17) is 4.74 Å². The maximum absolute atomic E-state index is 12.2. The maximum Gasteiger partial charge on any atom is 0.321 e. The molecule has 1 heterocycles. The number of nitrogens with zero attached hydrogens (tertiary/aromatic N) is 3. The van der Waals surface area contributed by atoms with E-state index in [0.717, 1.165) is 0 Å². The van der Waals surface area contributed by atoms with Crippen LogP contribution in [0, 0.1) is 5.41 Å². The van der Waals surface area contributed by atoms with E-state index in [1.54, 1.807) is 22.9 Å². The Morgan fingerprint density at radius 2 is 2.35 bits per heavy atom. The number of nitrogens with one attached hydrogen (secondary N) is 1. The van der Waals surface area contributed by atoms with Gasteiger partial charge in [-0.2, -0.15) is 5.10 Å². The predicted molar refractivity (Wildman–Crippen MR) is 77.7 cm³/mol. The van der Waals surface area contributed by atoms with Crippen molar-refractivity contribution in [2.75, 3.05) is 26.1 Å². The van der Waals surface area contributed by atoms with Crippen LogP contribution in [0.5, 0.6) is 0 Å². The molecule has 0 saturated heterocycles. The Morgan fingerprint density at radius 1 is 1.65 bits per heavy atom. The standard InChI is InChI=1S/C14H24N4O2/c1-11(14(2)5-6-14)17(3)13(19)16-12-9-15-18(10-12)7-8-20-4/h9-11H,5-8H2,1-4H3,(H,16,19)/t11-/m0/s1. The first-order chi connectivity index (χ1) is 9.46. The van der Waals surface area contributed by atoms with Gasteiger partial charge in [0.2, 0.25) is 0 Å². The molecule has 2 rings (SSSR count). The summed E-state index contributed by atoms with van der Waals surface area (Å²) < 4.78 is 6.75. The molecule has 1 aliphatic carbocycles. The normalized spacial score (nSPS) is 17.6. The van der Waals surface area contributed by atoms with Crippen molar-refractivity contribution < 1.29 is 9.53 Å². The second kappa shape index (κ2) is 5.83. The van der Waals surface area contributed by atoms with Gasteiger partial charge in [-0.3, -0.25) is 4.68 Å². The lowest BCUT2D eigenvalue weighted by atomic mass is 10.00. The molecule has 0 spiro atoms. The van der Waals surface area contributed by atoms with Crippen molar-refractivity contribution in [3.05, 3.63) is 12.4 Å². The molecule has 6 heteroatoms. The minimum absolute atomic E-state index is 0.0862. The number of anilines is 1. The Labute approximate surface area is 120 Å². The lowest BCUT2D eigenvalue weighted by Gasteiger charge is -2.29. The fourth-order valence-electron chi connectivity index (χ4n) is 2.21. The van der Waals surface area contributed by atoms with Crippen LogP contribution in [0.3, 0.4) is 0 Å². The second-order valence-electron chi connectivity index (χ2n) is 5.86. The van der Waals surface area contributed by atoms with E-state index in [1.165, 1.54) is 12.8 Å². The third-order valence-electron chi connectivity index (χ3n) is 4.36. The molecular formula is C14H24N4O2. The molecule has 1 N–H and O–H groups in total. The summed E-state index contributed by atoms with van der Waals surface area (Å²) in [6.45, 7) is 5.61. The number of amides is 2. The minimum atomic E-state index is -0.0862. The number of rotatable bonds is 6. The van der Waals surface area contributed by atoms with E-state index in [9.17, 15) is 4.79 Å². The monoisotopic (exact) mass is 280 g/mol. The minimum Gasteiger partial charge on any atom is -0.383 e. The molecule has 0 unspecified atom stereocenters. The van der Waals surface area contributed by atoms with Crippen LogP contribution >= 0.6 is 0 Å². The molecule has 1 aliphatic rings. The number of urea groups is 1. The molecule has 1 atom stereocenters. The number of aromatic nitrogens is 2. The van der Waals surface area contributed by atoms with E-state index in [2.05, 4.69) is 24.3 Å². The summed E-state index contributed by atoms with van der Waals surface area (Å²) >= 11 is 0. The first-order valence-electron chi connectivity index (χ1n) is 7.01. The van der Waals surface area contributed by atoms with Gasteiger partial charge in [0.1, 0.15) is 0 Å². The Morgan fingerprint density at radius 3 is 2.95 bits per heavy atom. The lowest BCUT2D eigenvalue weighted by Crippen LogP contribution is -2.42. The maximum atomic E-state index is 12.2. The van der Waals surface area contributed by atoms with Gasteiger partial charge in [0.15, 0.2) is 0 Å². The summed E-state index contributed by atoms with van der Waals surface area (Å²) in [5.74, 6) is 0. The van der Waals surface area contributed by atoms with Gasteiger partial charge in [0.25, 0.3) is 0 Å². The topological polar surface area (TPSA) is 59.4 Å². The van der Waals surface area contributed by atoms with Gasteiger partial charge >= 0.3 is 6.03 Å². The summed E-state index contributed by atoms with van der Waals surface area (Å²) in [5, 5.41) is 7.06. The molecule has 0 aliphatic heterocycles. The van der Waals surface area contributed by atoms with Gasteiger partial charge in [0.05, 0.1) is 25.0 Å². The molecule has 0 bridgehead atoms. The van der Waals surface area contributed by atoms with Crippen LogP contribution in [0.4, 0.5) is 10.5 Å². The first kappa shape index (κ1) is 14.8. The molecule has 112 valence electrons. The van der Waals surface area contributed by atoms with Gasteiger partial charge in [-0.25, -0.2) is 4.79 Å². The predicted octanol–water partition coefficient (Wildman–Crippen LogP) is 2.18. The Balaban J connectivity index is 1.88. The van der Waals surface area contributed by atoms with Crippen molar-refractivity contribution in [3.63, 3.8) is 0 Å². The third kappa shape index (κ3) is 3.30. The third-order valence-corrected chi connectivity index (χ3v) is 4.36. The molecular weight excluding hydrogens is 256 g/mol. The van der Waals surface area contributed by atoms with Crippen molar-refractivity contribution in [2.24, 2.45) is 5.41 Å². The summed E-state index contributed by atoms with van der Waals surface area (Å²) in [7, 11) is 3.50. The molecule has 1 fully saturated rings. The number of carbonyl (C=O) groups excluding carboxylic acids is 1. The zero-order valence-electron chi connectivity index (χ0n) is 12.7. The molecule has 6 nitrogen and oxygen atoms in total. The van der Waals surface area contributed by atoms with Gasteiger partial charge in [0, 0.05) is 26.4 Å². The van der Waals surface area contributed by atoms with Crippen LogP contribution in [0.2, 0.25) is 0 Å². The molecule has 2 amide bonds. The van der Waals surface area contributed by atoms with Gasteiger partial charge < -0.3 is 15.0 Å². The zero-order chi connectivity index (χ0) is 14.8. The van der Waals surface area contributed by atoms with Crippen molar-refractivity contribution in [2.45, 2.75) is 39.3 Å². The van der Waals surface area contributed by atoms with E-state index < -0.39 is 0 Å². The van der Waals surface area contributed by atoms with Crippen LogP contribution in [-0.4, -0.2) is 47.5 Å². The van der Waals surface area contributed by atoms with Gasteiger partial charge in [-0.15, -0.1) is 0 Å². The fraction of sp³-hybridized carbons (Fsp3) is 0.714. The summed E-state index contributed by atoms with van der Waals surface area (Å²) in [5.41, 5.74) is 1.00. The van der Waals surface area contributed by atoms with Crippen LogP contribution in [-0.2, 0) is 11.3 Å². The van der Waals surface area contributed by atoms with Crippen molar-refractivity contribution in [3.8, 4) is 0 Å². The van der Waals surface area contributed by atoms with Crippen LogP contribution in [0.25, 0.3) is 0 Å². The number of hydrogen-bond donors (Lipinski definition) is 1. The smallest absolute Gasteiger partial charge is 0.321 e. The number of ether oxygens (including phenoxy) is 1. The van der Waals surface area contributed by atoms with E-state index in [-0.39, 0.29) is 17.5 Å². The average molecular weight is 280 g/mol. The quantitative estimate of drug-likeness (QED) is 0.869. The number of methoxy groups -OCH3 is 1. The number of hydrogen-bond acceptors (Lipinski definition) is 3. The summed E-state index contributed by atoms with van der Waals surface area (Å²) in [6.07, 6.45) is 5.86. The van der Waals surface area contributed by atoms with Crippen molar-refractivity contribution >= 4 is 11.7 Å². The highest BCUT2D eigenvalue weighted by molar-refractivity contribution is 5.89. The van der Waals surface area contributed by atoms with Gasteiger partial charge in [-0.1, -0.05) is 6.92 Å². The zero-order valence-corrected chi connectivity index (χ0v) is 12.7. The summed E-state index contributed by atoms with van der Waals surface area (Å²) in [4.78, 5) is 14.0. The summed E-state index contributed by atoms with van der Waals surface area (Å²) in [6, 6.07) is 0.156. The SMILES string of the molecule is COCCn1cc(NC(=O)N(C)[C@@H](C)C2(C)CC2)cn1. The largest absolute Gasteiger partial charge is 0.383 e. The number of carbonyl (C=O) groups is 1. The fourth-order valence-corrected chi connectivity index (χ4v) is 2.21. The molecule has 1 aromatic rings. The highest BCUT2D eigenvalue weighted by atomic mass is 16.5. The van der Waals surface area contributed by atoms with E-state index in [0.29, 0.717) is 18.8 Å². The highest BCUT2D eigenvalue weighted by Gasteiger charge is 2.45. The Bertz CT molecular complexity index is 467.